The third kappa shape index (κ3) is 9.80. The summed E-state index contributed by atoms with van der Waals surface area (Å²) in [7, 11) is 6.24. The van der Waals surface area contributed by atoms with Gasteiger partial charge < -0.3 is 14.9 Å². The molecule has 0 aromatic rings. The third-order valence-corrected chi connectivity index (χ3v) is 2.03. The zero-order valence-electron chi connectivity index (χ0n) is 9.67. The van der Waals surface area contributed by atoms with Crippen molar-refractivity contribution in [1.82, 2.24) is 9.80 Å². The lowest BCUT2D eigenvalue weighted by atomic mass is 10.1. The van der Waals surface area contributed by atoms with Gasteiger partial charge in [0.15, 0.2) is 0 Å². The number of hydrogen-bond donors (Lipinski definition) is 1. The highest BCUT2D eigenvalue weighted by molar-refractivity contribution is 4.67. The Balaban J connectivity index is 3.46. The van der Waals surface area contributed by atoms with Crippen LogP contribution in [0.5, 0.6) is 0 Å². The van der Waals surface area contributed by atoms with Crippen LogP contribution in [0.1, 0.15) is 20.3 Å². The van der Waals surface area contributed by atoms with Gasteiger partial charge in [0.1, 0.15) is 0 Å². The smallest absolute Gasteiger partial charge is 0.0603 e. The molecule has 0 spiro atoms. The fraction of sp³-hybridized carbons (Fsp3) is 1.00. The normalized spacial score (nSPS) is 12.9. The van der Waals surface area contributed by atoms with Gasteiger partial charge in [0.25, 0.3) is 0 Å². The first-order chi connectivity index (χ1) is 5.81. The van der Waals surface area contributed by atoms with E-state index < -0.39 is 5.60 Å². The van der Waals surface area contributed by atoms with Crippen LogP contribution in [0.15, 0.2) is 0 Å². The van der Waals surface area contributed by atoms with Crippen molar-refractivity contribution in [3.8, 4) is 0 Å². The second-order valence-corrected chi connectivity index (χ2v) is 4.67. The first kappa shape index (κ1) is 12.9. The molecule has 3 nitrogen and oxygen atoms in total. The number of likely N-dealkylation sites (N-methyl/N-ethyl adjacent to an activating group) is 2. The van der Waals surface area contributed by atoms with Crippen molar-refractivity contribution in [1.29, 1.82) is 0 Å². The molecule has 0 amide bonds. The molecule has 0 aliphatic heterocycles. The highest BCUT2D eigenvalue weighted by Crippen LogP contribution is 2.07. The van der Waals surface area contributed by atoms with E-state index in [1.54, 1.807) is 0 Å². The standard InChI is InChI=1S/C10H24N2O/c1-10(2,13)6-7-12(5)9-8-11(3)4/h13H,6-9H2,1-5H3. The molecule has 0 fully saturated rings. The van der Waals surface area contributed by atoms with E-state index in [2.05, 4.69) is 30.9 Å². The van der Waals surface area contributed by atoms with Gasteiger partial charge in [0.2, 0.25) is 0 Å². The van der Waals surface area contributed by atoms with Gasteiger partial charge >= 0.3 is 0 Å². The van der Waals surface area contributed by atoms with Crippen LogP contribution in [-0.4, -0.2) is 61.3 Å². The Morgan fingerprint density at radius 3 is 1.92 bits per heavy atom. The van der Waals surface area contributed by atoms with E-state index in [9.17, 15) is 5.11 Å². The Labute approximate surface area is 82.3 Å². The Kier molecular flexibility index (Phi) is 5.53. The Bertz CT molecular complexity index is 129. The van der Waals surface area contributed by atoms with Crippen molar-refractivity contribution >= 4 is 0 Å². The summed E-state index contributed by atoms with van der Waals surface area (Å²) in [6.45, 7) is 6.79. The SMILES string of the molecule is CN(C)CCN(C)CCC(C)(C)O. The maximum absolute atomic E-state index is 9.51. The van der Waals surface area contributed by atoms with Crippen LogP contribution >= 0.6 is 0 Å². The second kappa shape index (κ2) is 5.58. The van der Waals surface area contributed by atoms with E-state index in [1.807, 2.05) is 13.8 Å². The quantitative estimate of drug-likeness (QED) is 0.663. The van der Waals surface area contributed by atoms with Gasteiger partial charge in [0.05, 0.1) is 5.60 Å². The van der Waals surface area contributed by atoms with Crippen LogP contribution in [0, 0.1) is 0 Å². The molecule has 0 atom stereocenters. The van der Waals surface area contributed by atoms with E-state index in [-0.39, 0.29) is 0 Å². The predicted molar refractivity (Wildman–Crippen MR) is 57.0 cm³/mol. The van der Waals surface area contributed by atoms with Gasteiger partial charge in [-0.25, -0.2) is 0 Å². The molecule has 3 heteroatoms. The molecule has 0 rings (SSSR count). The van der Waals surface area contributed by atoms with Crippen molar-refractivity contribution in [3.63, 3.8) is 0 Å². The monoisotopic (exact) mass is 188 g/mol. The molecule has 0 aromatic carbocycles. The number of rotatable bonds is 6. The maximum atomic E-state index is 9.51. The van der Waals surface area contributed by atoms with Gasteiger partial charge in [-0.15, -0.1) is 0 Å². The minimum absolute atomic E-state index is 0.535. The molecule has 1 N–H and O–H groups in total. The lowest BCUT2D eigenvalue weighted by molar-refractivity contribution is 0.0601. The largest absolute Gasteiger partial charge is 0.390 e. The molecule has 0 radical (unpaired) electrons. The van der Waals surface area contributed by atoms with Crippen LogP contribution in [0.25, 0.3) is 0 Å². The minimum atomic E-state index is -0.535. The second-order valence-electron chi connectivity index (χ2n) is 4.67. The summed E-state index contributed by atoms with van der Waals surface area (Å²) in [4.78, 5) is 4.42. The van der Waals surface area contributed by atoms with Gasteiger partial charge in [0, 0.05) is 19.6 Å². The number of aliphatic hydroxyl groups is 1. The Hall–Kier alpha value is -0.120. The molecule has 13 heavy (non-hydrogen) atoms. The number of hydrogen-bond acceptors (Lipinski definition) is 3. The van der Waals surface area contributed by atoms with E-state index in [4.69, 9.17) is 0 Å². The molecule has 0 saturated carbocycles. The maximum Gasteiger partial charge on any atom is 0.0603 e. The third-order valence-electron chi connectivity index (χ3n) is 2.03. The zero-order chi connectivity index (χ0) is 10.5. The molecule has 0 aliphatic carbocycles. The fourth-order valence-corrected chi connectivity index (χ4v) is 0.947. The molecule has 80 valence electrons. The van der Waals surface area contributed by atoms with E-state index >= 15 is 0 Å². The molecular weight excluding hydrogens is 164 g/mol. The highest BCUT2D eigenvalue weighted by Gasteiger charge is 2.12. The Morgan fingerprint density at radius 1 is 1.00 bits per heavy atom. The molecule has 0 saturated heterocycles. The summed E-state index contributed by atoms with van der Waals surface area (Å²) in [5, 5.41) is 9.51. The summed E-state index contributed by atoms with van der Waals surface area (Å²) in [6, 6.07) is 0. The molecule has 0 bridgehead atoms. The van der Waals surface area contributed by atoms with Crippen molar-refractivity contribution in [3.05, 3.63) is 0 Å². The lowest BCUT2D eigenvalue weighted by Gasteiger charge is -2.23. The summed E-state index contributed by atoms with van der Waals surface area (Å²) in [5.74, 6) is 0. The van der Waals surface area contributed by atoms with E-state index in [0.717, 1.165) is 26.1 Å². The van der Waals surface area contributed by atoms with Crippen LogP contribution < -0.4 is 0 Å². The molecular formula is C10H24N2O. The van der Waals surface area contributed by atoms with E-state index in [1.165, 1.54) is 0 Å². The van der Waals surface area contributed by atoms with Gasteiger partial charge in [-0.2, -0.15) is 0 Å². The summed E-state index contributed by atoms with van der Waals surface area (Å²) < 4.78 is 0. The molecule has 0 aromatic heterocycles. The van der Waals surface area contributed by atoms with Crippen molar-refractivity contribution in [2.24, 2.45) is 0 Å². The van der Waals surface area contributed by atoms with Crippen LogP contribution in [-0.2, 0) is 0 Å². The molecule has 0 aliphatic rings. The zero-order valence-corrected chi connectivity index (χ0v) is 9.67. The van der Waals surface area contributed by atoms with Crippen molar-refractivity contribution < 1.29 is 5.11 Å². The summed E-state index contributed by atoms with van der Waals surface area (Å²) >= 11 is 0. The highest BCUT2D eigenvalue weighted by atomic mass is 16.3. The first-order valence-electron chi connectivity index (χ1n) is 4.87. The topological polar surface area (TPSA) is 26.7 Å². The summed E-state index contributed by atoms with van der Waals surface area (Å²) in [5.41, 5.74) is -0.535. The van der Waals surface area contributed by atoms with Crippen LogP contribution in [0.2, 0.25) is 0 Å². The van der Waals surface area contributed by atoms with Crippen LogP contribution in [0.4, 0.5) is 0 Å². The van der Waals surface area contributed by atoms with Gasteiger partial charge in [-0.3, -0.25) is 0 Å². The predicted octanol–water partition coefficient (Wildman–Crippen LogP) is 0.641. The van der Waals surface area contributed by atoms with Gasteiger partial charge in [-0.05, 0) is 41.4 Å². The van der Waals surface area contributed by atoms with Gasteiger partial charge in [-0.1, -0.05) is 0 Å². The van der Waals surface area contributed by atoms with Crippen molar-refractivity contribution in [2.75, 3.05) is 40.8 Å². The summed E-state index contributed by atoms with van der Waals surface area (Å²) in [6.07, 6.45) is 0.830. The first-order valence-corrected chi connectivity index (χ1v) is 4.87. The average Bonchev–Trinajstić information content (AvgIpc) is 1.95. The average molecular weight is 188 g/mol. The Morgan fingerprint density at radius 2 is 1.54 bits per heavy atom. The molecule has 0 unspecified atom stereocenters. The van der Waals surface area contributed by atoms with Crippen LogP contribution in [0.3, 0.4) is 0 Å². The molecule has 0 heterocycles. The minimum Gasteiger partial charge on any atom is -0.390 e. The van der Waals surface area contributed by atoms with Crippen molar-refractivity contribution in [2.45, 2.75) is 25.9 Å². The lowest BCUT2D eigenvalue weighted by Crippen LogP contribution is -2.33. The fourth-order valence-electron chi connectivity index (χ4n) is 0.947. The van der Waals surface area contributed by atoms with E-state index in [0.29, 0.717) is 0 Å². The number of nitrogens with zero attached hydrogens (tertiary/aromatic N) is 2.